The van der Waals surface area contributed by atoms with E-state index in [0.717, 1.165) is 47.1 Å². The van der Waals surface area contributed by atoms with Gasteiger partial charge in [-0.25, -0.2) is 9.97 Å². The first-order valence-electron chi connectivity index (χ1n) is 10.9. The number of aromatic nitrogens is 4. The molecule has 6 heteroatoms. The summed E-state index contributed by atoms with van der Waals surface area (Å²) in [5.41, 5.74) is 6.77. The van der Waals surface area contributed by atoms with Gasteiger partial charge in [-0.2, -0.15) is 0 Å². The van der Waals surface area contributed by atoms with E-state index in [1.165, 1.54) is 17.5 Å². The quantitative estimate of drug-likeness (QED) is 0.365. The molecule has 4 aromatic rings. The molecule has 1 saturated heterocycles. The van der Waals surface area contributed by atoms with Crippen LogP contribution in [-0.4, -0.2) is 33.5 Å². The van der Waals surface area contributed by atoms with Gasteiger partial charge in [-0.05, 0) is 55.6 Å². The molecule has 0 aliphatic carbocycles. The molecule has 5 rings (SSSR count). The second-order valence-electron chi connectivity index (χ2n) is 8.18. The smallest absolute Gasteiger partial charge is 0.123 e. The van der Waals surface area contributed by atoms with E-state index in [1.807, 2.05) is 19.4 Å². The molecule has 0 amide bonds. The van der Waals surface area contributed by atoms with Crippen LogP contribution >= 0.6 is 0 Å². The van der Waals surface area contributed by atoms with Crippen molar-refractivity contribution in [3.8, 4) is 33.6 Å². The van der Waals surface area contributed by atoms with Crippen LogP contribution in [0.25, 0.3) is 33.6 Å². The number of H-pyrrole nitrogens is 2. The van der Waals surface area contributed by atoms with Crippen molar-refractivity contribution < 1.29 is 0 Å². The molecule has 0 spiro atoms. The third kappa shape index (κ3) is 4.04. The summed E-state index contributed by atoms with van der Waals surface area (Å²) >= 11 is 0. The maximum Gasteiger partial charge on any atom is 0.123 e. The van der Waals surface area contributed by atoms with Crippen LogP contribution in [-0.2, 0) is 0 Å². The Hall–Kier alpha value is -3.22. The highest BCUT2D eigenvalue weighted by Gasteiger charge is 2.19. The van der Waals surface area contributed by atoms with Crippen LogP contribution in [0, 0.1) is 0 Å². The van der Waals surface area contributed by atoms with Crippen molar-refractivity contribution in [3.05, 3.63) is 72.6 Å². The van der Waals surface area contributed by atoms with Crippen molar-refractivity contribution in [2.75, 3.05) is 13.6 Å². The number of nitrogens with zero attached hydrogens (tertiary/aromatic N) is 2. The van der Waals surface area contributed by atoms with Gasteiger partial charge in [0.25, 0.3) is 0 Å². The summed E-state index contributed by atoms with van der Waals surface area (Å²) in [4.78, 5) is 15.9. The number of imidazole rings is 2. The van der Waals surface area contributed by atoms with E-state index in [0.29, 0.717) is 6.04 Å². The highest BCUT2D eigenvalue weighted by Crippen LogP contribution is 2.28. The molecular formula is C25H28N6. The number of nitrogens with one attached hydrogen (secondary N) is 4. The molecule has 1 fully saturated rings. The molecule has 158 valence electrons. The molecule has 2 aromatic heterocycles. The summed E-state index contributed by atoms with van der Waals surface area (Å²) in [6, 6.07) is 17.8. The lowest BCUT2D eigenvalue weighted by Gasteiger charge is -2.07. The maximum absolute atomic E-state index is 4.58. The van der Waals surface area contributed by atoms with E-state index in [1.54, 1.807) is 0 Å². The van der Waals surface area contributed by atoms with E-state index in [4.69, 9.17) is 0 Å². The molecule has 6 nitrogen and oxygen atoms in total. The van der Waals surface area contributed by atoms with Crippen LogP contribution in [0.3, 0.4) is 0 Å². The van der Waals surface area contributed by atoms with Crippen LogP contribution in [0.15, 0.2) is 60.9 Å². The molecule has 4 N–H and O–H groups in total. The zero-order valence-corrected chi connectivity index (χ0v) is 17.9. The zero-order chi connectivity index (χ0) is 21.2. The molecule has 3 heterocycles. The first-order chi connectivity index (χ1) is 15.2. The van der Waals surface area contributed by atoms with E-state index in [-0.39, 0.29) is 6.04 Å². The summed E-state index contributed by atoms with van der Waals surface area (Å²) in [7, 11) is 1.94. The monoisotopic (exact) mass is 412 g/mol. The highest BCUT2D eigenvalue weighted by molar-refractivity contribution is 5.71. The minimum absolute atomic E-state index is 0.201. The fourth-order valence-corrected chi connectivity index (χ4v) is 4.10. The van der Waals surface area contributed by atoms with Gasteiger partial charge >= 0.3 is 0 Å². The average molecular weight is 413 g/mol. The molecule has 1 aliphatic rings. The van der Waals surface area contributed by atoms with Gasteiger partial charge in [-0.1, -0.05) is 48.5 Å². The van der Waals surface area contributed by atoms with Gasteiger partial charge in [0, 0.05) is 0 Å². The molecule has 31 heavy (non-hydrogen) atoms. The Labute approximate surface area is 182 Å². The number of hydrogen-bond donors (Lipinski definition) is 4. The average Bonchev–Trinajstić information content (AvgIpc) is 3.60. The van der Waals surface area contributed by atoms with Crippen LogP contribution in [0.2, 0.25) is 0 Å². The second-order valence-corrected chi connectivity index (χ2v) is 8.18. The van der Waals surface area contributed by atoms with E-state index in [2.05, 4.69) is 86.0 Å². The first kappa shape index (κ1) is 19.7. The Bertz CT molecular complexity index is 1130. The SMILES string of the molecule is CN[C@@H](C)c1ncc(-c2ccc(-c3ccc(-c4cnc([C@@H]5CCCN5)[nH]4)cc3)cc2)[nH]1. The summed E-state index contributed by atoms with van der Waals surface area (Å²) < 4.78 is 0. The molecule has 0 radical (unpaired) electrons. The Kier molecular flexibility index (Phi) is 5.40. The van der Waals surface area contributed by atoms with Crippen molar-refractivity contribution >= 4 is 0 Å². The number of rotatable bonds is 6. The minimum atomic E-state index is 0.201. The summed E-state index contributed by atoms with van der Waals surface area (Å²) in [6.07, 6.45) is 6.19. The maximum atomic E-state index is 4.58. The summed E-state index contributed by atoms with van der Waals surface area (Å²) in [5.74, 6) is 1.99. The largest absolute Gasteiger partial charge is 0.341 e. The van der Waals surface area contributed by atoms with E-state index < -0.39 is 0 Å². The second kappa shape index (κ2) is 8.49. The lowest BCUT2D eigenvalue weighted by molar-refractivity contribution is 0.613. The lowest BCUT2D eigenvalue weighted by Crippen LogP contribution is -2.14. The predicted molar refractivity (Wildman–Crippen MR) is 124 cm³/mol. The third-order valence-electron chi connectivity index (χ3n) is 6.15. The van der Waals surface area contributed by atoms with Crippen LogP contribution in [0.5, 0.6) is 0 Å². The fraction of sp³-hybridized carbons (Fsp3) is 0.280. The van der Waals surface area contributed by atoms with Crippen LogP contribution < -0.4 is 10.6 Å². The van der Waals surface area contributed by atoms with E-state index >= 15 is 0 Å². The molecule has 0 saturated carbocycles. The topological polar surface area (TPSA) is 81.4 Å². The number of benzene rings is 2. The number of aromatic amines is 2. The van der Waals surface area contributed by atoms with Gasteiger partial charge in [0.05, 0.1) is 35.9 Å². The summed E-state index contributed by atoms with van der Waals surface area (Å²) in [6.45, 7) is 3.16. The van der Waals surface area contributed by atoms with Crippen molar-refractivity contribution in [2.24, 2.45) is 0 Å². The van der Waals surface area contributed by atoms with Gasteiger partial charge in [-0.3, -0.25) is 0 Å². The predicted octanol–water partition coefficient (Wildman–Crippen LogP) is 4.84. The van der Waals surface area contributed by atoms with Crippen molar-refractivity contribution in [1.29, 1.82) is 0 Å². The van der Waals surface area contributed by atoms with Crippen LogP contribution in [0.1, 0.15) is 43.5 Å². The van der Waals surface area contributed by atoms with Gasteiger partial charge in [-0.15, -0.1) is 0 Å². The molecule has 1 aliphatic heterocycles. The fourth-order valence-electron chi connectivity index (χ4n) is 4.10. The lowest BCUT2D eigenvalue weighted by atomic mass is 10.0. The molecule has 0 bridgehead atoms. The molecule has 0 unspecified atom stereocenters. The molecule has 2 aromatic carbocycles. The van der Waals surface area contributed by atoms with Gasteiger partial charge in [0.1, 0.15) is 11.6 Å². The van der Waals surface area contributed by atoms with Crippen molar-refractivity contribution in [2.45, 2.75) is 31.8 Å². The van der Waals surface area contributed by atoms with Gasteiger partial charge in [0.15, 0.2) is 0 Å². The van der Waals surface area contributed by atoms with Crippen molar-refractivity contribution in [3.63, 3.8) is 0 Å². The highest BCUT2D eigenvalue weighted by atomic mass is 15.0. The standard InChI is InChI=1S/C25H28N6/c1-16(26-2)24-28-14-22(30-24)19-9-5-17(6-10-19)18-7-11-20(12-8-18)23-15-29-25(31-23)21-4-3-13-27-21/h5-12,14-16,21,26-27H,3-4,13H2,1-2H3,(H,28,30)(H,29,31)/t16-,21-/m0/s1. The zero-order valence-electron chi connectivity index (χ0n) is 17.9. The third-order valence-corrected chi connectivity index (χ3v) is 6.15. The minimum Gasteiger partial charge on any atom is -0.341 e. The van der Waals surface area contributed by atoms with Crippen molar-refractivity contribution in [1.82, 2.24) is 30.6 Å². The molecule has 2 atom stereocenters. The first-order valence-corrected chi connectivity index (χ1v) is 10.9. The summed E-state index contributed by atoms with van der Waals surface area (Å²) in [5, 5.41) is 6.70. The Morgan fingerprint density at radius 1 is 0.839 bits per heavy atom. The Morgan fingerprint density at radius 2 is 1.42 bits per heavy atom. The number of hydrogen-bond acceptors (Lipinski definition) is 4. The van der Waals surface area contributed by atoms with E-state index in [9.17, 15) is 0 Å². The van der Waals surface area contributed by atoms with Gasteiger partial charge in [0.2, 0.25) is 0 Å². The van der Waals surface area contributed by atoms with Gasteiger partial charge < -0.3 is 20.6 Å². The normalized spacial score (nSPS) is 17.2. The van der Waals surface area contributed by atoms with Crippen LogP contribution in [0.4, 0.5) is 0 Å². The Balaban J connectivity index is 1.31. The molecular weight excluding hydrogens is 384 g/mol. The Morgan fingerprint density at radius 3 is 2.00 bits per heavy atom.